The van der Waals surface area contributed by atoms with E-state index in [1.54, 1.807) is 0 Å². The molecule has 230 valence electrons. The molecule has 10 atom stereocenters. The van der Waals surface area contributed by atoms with Gasteiger partial charge >= 0.3 is 27.7 Å². The molecule has 0 bridgehead atoms. The Balaban J connectivity index is 1.43. The zero-order valence-electron chi connectivity index (χ0n) is 21.2. The molecule has 4 heterocycles. The summed E-state index contributed by atoms with van der Waals surface area (Å²) >= 11 is 0. The van der Waals surface area contributed by atoms with E-state index in [9.17, 15) is 33.7 Å². The summed E-state index contributed by atoms with van der Waals surface area (Å²) in [5, 5.41) is 33.9. The van der Waals surface area contributed by atoms with Crippen LogP contribution in [0.1, 0.15) is 19.8 Å². The number of amidine groups is 1. The Morgan fingerprint density at radius 1 is 0.902 bits per heavy atom. The first-order valence-corrected chi connectivity index (χ1v) is 15.4. The van der Waals surface area contributed by atoms with Gasteiger partial charge in [0.25, 0.3) is 0 Å². The van der Waals surface area contributed by atoms with E-state index in [0.29, 0.717) is 0 Å². The molecule has 1 saturated carbocycles. The Hall–Kier alpha value is -2.06. The normalized spacial score (nSPS) is 41.1. The molecule has 5 aliphatic rings. The van der Waals surface area contributed by atoms with Gasteiger partial charge in [-0.2, -0.15) is 0 Å². The predicted molar refractivity (Wildman–Crippen MR) is 127 cm³/mol. The summed E-state index contributed by atoms with van der Waals surface area (Å²) in [5.41, 5.74) is -1.49. The average Bonchev–Trinajstić information content (AvgIpc) is 3.38. The van der Waals surface area contributed by atoms with E-state index < -0.39 is 107 Å². The van der Waals surface area contributed by atoms with E-state index in [0.717, 1.165) is 9.80 Å². The van der Waals surface area contributed by atoms with Crippen molar-refractivity contribution in [1.82, 2.24) is 20.4 Å². The summed E-state index contributed by atoms with van der Waals surface area (Å²) in [5.74, 6) is -2.06. The third kappa shape index (κ3) is 5.32. The molecule has 9 N–H and O–H groups in total. The van der Waals surface area contributed by atoms with Gasteiger partial charge in [0.05, 0.1) is 48.8 Å². The number of phosphoric ester groups is 2. The van der Waals surface area contributed by atoms with Crippen LogP contribution in [0.4, 0.5) is 9.59 Å². The first-order chi connectivity index (χ1) is 18.9. The molecule has 4 saturated heterocycles. The number of aliphatic hydroxyl groups excluding tert-OH is 2. The smallest absolute Gasteiger partial charge is 0.390 e. The number of nitrogens with zero attached hydrogens (tertiary/aromatic N) is 2. The number of fused-ring (bicyclic) bond motifs is 4. The third-order valence-corrected chi connectivity index (χ3v) is 9.09. The fourth-order valence-corrected chi connectivity index (χ4v) is 7.01. The summed E-state index contributed by atoms with van der Waals surface area (Å²) in [7, 11) is -9.81. The predicted octanol–water partition coefficient (Wildman–Crippen LogP) is -2.92. The Kier molecular flexibility index (Phi) is 7.63. The molecular formula is C19H29N5O15P2. The first-order valence-electron chi connectivity index (χ1n) is 12.3. The summed E-state index contributed by atoms with van der Waals surface area (Å²) < 4.78 is 42.5. The Bertz CT molecular complexity index is 1240. The van der Waals surface area contributed by atoms with Crippen LogP contribution in [0.5, 0.6) is 0 Å². The van der Waals surface area contributed by atoms with Crippen LogP contribution in [0.3, 0.4) is 0 Å². The minimum Gasteiger partial charge on any atom is -0.390 e. The van der Waals surface area contributed by atoms with Crippen molar-refractivity contribution in [3.05, 3.63) is 0 Å². The second-order valence-electron chi connectivity index (χ2n) is 10.6. The van der Waals surface area contributed by atoms with Gasteiger partial charge in [-0.15, -0.1) is 0 Å². The van der Waals surface area contributed by atoms with Crippen LogP contribution < -0.4 is 10.6 Å². The number of carbonyl (C=O) groups is 3. The molecular weight excluding hydrogens is 600 g/mol. The third-order valence-electron chi connectivity index (χ3n) is 8.12. The van der Waals surface area contributed by atoms with Gasteiger partial charge in [-0.05, 0) is 6.92 Å². The molecule has 0 aromatic carbocycles. The molecule has 0 spiro atoms. The van der Waals surface area contributed by atoms with E-state index in [4.69, 9.17) is 34.5 Å². The number of aliphatic hydroxyl groups is 2. The highest BCUT2D eigenvalue weighted by molar-refractivity contribution is 7.46. The molecule has 22 heteroatoms. The Morgan fingerprint density at radius 2 is 1.37 bits per heavy atom. The number of rotatable bonds is 8. The maximum absolute atomic E-state index is 13.2. The molecule has 0 aromatic heterocycles. The van der Waals surface area contributed by atoms with Gasteiger partial charge < -0.3 is 39.3 Å². The van der Waals surface area contributed by atoms with Crippen LogP contribution in [-0.4, -0.2) is 126 Å². The molecule has 20 nitrogen and oxygen atoms in total. The summed E-state index contributed by atoms with van der Waals surface area (Å²) in [6, 6.07) is -4.03. The lowest BCUT2D eigenvalue weighted by Gasteiger charge is -2.67. The Labute approximate surface area is 230 Å². The molecule has 5 amide bonds. The van der Waals surface area contributed by atoms with Gasteiger partial charge in [-0.3, -0.25) is 39.7 Å². The van der Waals surface area contributed by atoms with Crippen molar-refractivity contribution < 1.29 is 71.8 Å². The lowest BCUT2D eigenvalue weighted by molar-refractivity contribution is -0.198. The largest absolute Gasteiger partial charge is 0.469 e. The van der Waals surface area contributed by atoms with Crippen LogP contribution >= 0.6 is 15.6 Å². The number of imide groups is 1. The second kappa shape index (κ2) is 10.3. The topological polar surface area (TPSA) is 298 Å². The van der Waals surface area contributed by atoms with Crippen molar-refractivity contribution in [2.75, 3.05) is 13.2 Å². The number of urea groups is 2. The Morgan fingerprint density at radius 3 is 1.85 bits per heavy atom. The first kappa shape index (κ1) is 30.4. The lowest BCUT2D eigenvalue weighted by atomic mass is 9.50. The number of phosphoric acid groups is 2. The van der Waals surface area contributed by atoms with Crippen LogP contribution in [0.2, 0.25) is 0 Å². The van der Waals surface area contributed by atoms with Gasteiger partial charge in [-0.1, -0.05) is 0 Å². The summed E-state index contributed by atoms with van der Waals surface area (Å²) in [6.07, 6.45) is -8.09. The molecule has 41 heavy (non-hydrogen) atoms. The average molecular weight is 629 g/mol. The number of hydrogen-bond acceptors (Lipinski definition) is 12. The van der Waals surface area contributed by atoms with Crippen molar-refractivity contribution in [2.45, 2.75) is 68.7 Å². The van der Waals surface area contributed by atoms with Crippen LogP contribution in [-0.2, 0) is 32.4 Å². The molecule has 10 unspecified atom stereocenters. The molecule has 4 aliphatic heterocycles. The van der Waals surface area contributed by atoms with E-state index in [1.807, 2.05) is 0 Å². The van der Waals surface area contributed by atoms with Crippen molar-refractivity contribution in [1.29, 1.82) is 5.41 Å². The number of nitrogens with one attached hydrogen (secondary N) is 3. The zero-order chi connectivity index (χ0) is 30.2. The van der Waals surface area contributed by atoms with Crippen molar-refractivity contribution in [3.63, 3.8) is 0 Å². The number of carbonyl (C=O) groups excluding carboxylic acids is 3. The van der Waals surface area contributed by atoms with E-state index >= 15 is 0 Å². The fraction of sp³-hybridized carbons (Fsp3) is 0.789. The highest BCUT2D eigenvalue weighted by Gasteiger charge is 2.75. The van der Waals surface area contributed by atoms with Gasteiger partial charge in [0.1, 0.15) is 30.5 Å². The second-order valence-corrected chi connectivity index (χ2v) is 13.0. The minimum absolute atomic E-state index is 0.233. The zero-order valence-corrected chi connectivity index (χ0v) is 23.0. The van der Waals surface area contributed by atoms with Crippen molar-refractivity contribution in [2.24, 2.45) is 11.3 Å². The minimum atomic E-state index is -4.91. The number of ether oxygens (including phenoxy) is 2. The quantitative estimate of drug-likeness (QED) is 0.122. The highest BCUT2D eigenvalue weighted by atomic mass is 31.2. The maximum Gasteiger partial charge on any atom is 0.469 e. The van der Waals surface area contributed by atoms with Crippen molar-refractivity contribution >= 4 is 39.5 Å². The molecule has 1 aliphatic carbocycles. The molecule has 0 radical (unpaired) electrons. The fourth-order valence-electron chi connectivity index (χ4n) is 6.33. The standard InChI is InChI=1S/C19H29N5O15P2/c1-19-12-13(23(17(28)21-15(12)20)10-2-6(25)8(38-10)4-36-40(30,31)32)14(19)24(18(29)22-16(19)27)11-3-7(26)9(39-11)5-37-41(33,34)35/h6-14,25-26H,2-5H2,1H3,(H2,20,21,28)(H,22,27,29)(H2,30,31,32)(H2,33,34,35). The summed E-state index contributed by atoms with van der Waals surface area (Å²) in [6.45, 7) is 0.0509. The maximum atomic E-state index is 13.2. The summed E-state index contributed by atoms with van der Waals surface area (Å²) in [4.78, 5) is 77.6. The van der Waals surface area contributed by atoms with Crippen LogP contribution in [0.15, 0.2) is 0 Å². The number of amides is 5. The SMILES string of the molecule is CC12C(=O)NC(=O)N(C3CC(O)C(COP(=O)(O)O)O3)C1C1C2C(=N)NC(=O)N1C1CC(O)C(COP(=O)(O)O)O1. The number of hydrogen-bond donors (Lipinski definition) is 9. The lowest BCUT2D eigenvalue weighted by Crippen LogP contribution is -2.88. The van der Waals surface area contributed by atoms with Gasteiger partial charge in [0.2, 0.25) is 5.91 Å². The van der Waals surface area contributed by atoms with Crippen molar-refractivity contribution in [3.8, 4) is 0 Å². The van der Waals surface area contributed by atoms with Crippen LogP contribution in [0, 0.1) is 16.7 Å². The van der Waals surface area contributed by atoms with E-state index in [1.165, 1.54) is 6.92 Å². The molecule has 5 rings (SSSR count). The molecule has 5 fully saturated rings. The van der Waals surface area contributed by atoms with E-state index in [-0.39, 0.29) is 18.7 Å². The van der Waals surface area contributed by atoms with Crippen LogP contribution in [0.25, 0.3) is 0 Å². The van der Waals surface area contributed by atoms with Gasteiger partial charge in [-0.25, -0.2) is 18.7 Å². The van der Waals surface area contributed by atoms with Gasteiger partial charge in [0.15, 0.2) is 0 Å². The monoisotopic (exact) mass is 629 g/mol. The molecule has 0 aromatic rings. The highest BCUT2D eigenvalue weighted by Crippen LogP contribution is 2.57. The van der Waals surface area contributed by atoms with E-state index in [2.05, 4.69) is 19.7 Å². The van der Waals surface area contributed by atoms with Gasteiger partial charge in [0, 0.05) is 12.8 Å².